The Morgan fingerprint density at radius 3 is 1.30 bits per heavy atom. The zero-order chi connectivity index (χ0) is 72.9. The molecule has 0 bridgehead atoms. The van der Waals surface area contributed by atoms with Crippen molar-refractivity contribution in [2.24, 2.45) is 10.2 Å². The van der Waals surface area contributed by atoms with Gasteiger partial charge in [0.25, 0.3) is 0 Å². The number of aldehydes is 1. The number of ether oxygens (including phenoxy) is 16. The van der Waals surface area contributed by atoms with E-state index in [1.807, 2.05) is 54.6 Å². The fourth-order valence-electron chi connectivity index (χ4n) is 12.9. The Kier molecular flexibility index (Phi) is 27.9. The van der Waals surface area contributed by atoms with Crippen LogP contribution in [0.1, 0.15) is 41.1 Å². The fraction of sp³-hybridized carbons (Fsp3) is 0.479. The molecule has 30 nitrogen and oxygen atoms in total. The van der Waals surface area contributed by atoms with Crippen LogP contribution in [0.5, 0.6) is 0 Å². The largest absolute Gasteiger partial charge is 0.479 e. The smallest absolute Gasteiger partial charge is 0.335 e. The van der Waals surface area contributed by atoms with Gasteiger partial charge in [0.1, 0.15) is 97.5 Å². The molecule has 0 spiro atoms. The Hall–Kier alpha value is -7.76. The van der Waals surface area contributed by atoms with Crippen LogP contribution in [0, 0.1) is 0 Å². The van der Waals surface area contributed by atoms with E-state index in [2.05, 4.69) is 20.1 Å². The van der Waals surface area contributed by atoms with Gasteiger partial charge >= 0.3 is 5.97 Å². The Morgan fingerprint density at radius 2 is 0.845 bits per heavy atom. The number of carboxylic acids is 1. The summed E-state index contributed by atoms with van der Waals surface area (Å²) in [7, 11) is 1.32. The number of aliphatic hydroxyl groups is 5. The predicted octanol–water partition coefficient (Wildman–Crippen LogP) is 6.04. The SMILES string of the molecule is [2H]C1[C@@H](OC)OC(CO)[C@@H](O[C@@H]2OC(C=O)[C@H](O[C@@H]3OC(CO)[C@@H](O[C@@H]4OC(C(=O)O)[C@@H](O[C@H]5OC(CO)[C@@H](OCc6ccccc6)[C@H](OCc6ccccc6)C5N=[N+]=[N-])[C@H](OCc5ccccc5)C4OCc4ccccc4)[C@H](O)C3N=[N+]=[N-])[C@@H](OCc3ccccc3)C2O)[C@@H]1OCc1ccccc1. The van der Waals surface area contributed by atoms with E-state index in [4.69, 9.17) is 77.2 Å². The highest BCUT2D eigenvalue weighted by Crippen LogP contribution is 2.41. The number of carbonyl (C=O) groups excluding carboxylic acids is 1. The van der Waals surface area contributed by atoms with Crippen molar-refractivity contribution in [3.05, 3.63) is 236 Å². The minimum atomic E-state index is -2.14. The van der Waals surface area contributed by atoms with E-state index in [1.54, 1.807) is 127 Å². The molecule has 0 aliphatic carbocycles. The van der Waals surface area contributed by atoms with Gasteiger partial charge in [-0.05, 0) is 44.4 Å². The maximum Gasteiger partial charge on any atom is 0.335 e. The molecule has 5 heterocycles. The zero-order valence-electron chi connectivity index (χ0n) is 56.9. The maximum atomic E-state index is 14.1. The molecule has 550 valence electrons. The van der Waals surface area contributed by atoms with E-state index in [-0.39, 0.29) is 39.6 Å². The third-order valence-electron chi connectivity index (χ3n) is 18.0. The molecular formula is C73H84N6O24. The first-order valence-corrected chi connectivity index (χ1v) is 33.6. The quantitative estimate of drug-likeness (QED) is 0.0116. The second-order valence-corrected chi connectivity index (χ2v) is 24.8. The number of carboxylic acid groups (broad SMARTS) is 1. The molecule has 5 fully saturated rings. The topological polar surface area (TPSA) is 401 Å². The van der Waals surface area contributed by atoms with Gasteiger partial charge in [0.2, 0.25) is 0 Å². The monoisotopic (exact) mass is 1430 g/mol. The Balaban J connectivity index is 0.901. The van der Waals surface area contributed by atoms with Crippen molar-refractivity contribution >= 4 is 12.3 Å². The average Bonchev–Trinajstić information content (AvgIpc) is 0.765. The first-order chi connectivity index (χ1) is 50.8. The molecule has 6 aromatic rings. The van der Waals surface area contributed by atoms with Crippen molar-refractivity contribution in [3.63, 3.8) is 0 Å². The minimum Gasteiger partial charge on any atom is -0.479 e. The summed E-state index contributed by atoms with van der Waals surface area (Å²) in [6.07, 6.45) is -37.0. The molecule has 11 rings (SSSR count). The van der Waals surface area contributed by atoms with Gasteiger partial charge in [-0.3, -0.25) is 0 Å². The first kappa shape index (κ1) is 74.9. The van der Waals surface area contributed by atoms with Gasteiger partial charge in [-0.2, -0.15) is 0 Å². The van der Waals surface area contributed by atoms with E-state index in [1.165, 1.54) is 7.11 Å². The molecule has 6 N–H and O–H groups in total. The van der Waals surface area contributed by atoms with Crippen LogP contribution in [-0.4, -0.2) is 217 Å². The van der Waals surface area contributed by atoms with E-state index < -0.39 is 179 Å². The number of aliphatic carboxylic acids is 1. The number of azide groups is 2. The lowest BCUT2D eigenvalue weighted by atomic mass is 9.94. The van der Waals surface area contributed by atoms with Gasteiger partial charge in [0.05, 0.1) is 71.7 Å². The third kappa shape index (κ3) is 19.6. The van der Waals surface area contributed by atoms with Crippen molar-refractivity contribution in [2.45, 2.75) is 193 Å². The predicted molar refractivity (Wildman–Crippen MR) is 357 cm³/mol. The summed E-state index contributed by atoms with van der Waals surface area (Å²) >= 11 is 0. The van der Waals surface area contributed by atoms with Gasteiger partial charge in [-0.25, -0.2) is 4.79 Å². The van der Waals surface area contributed by atoms with Gasteiger partial charge in [-0.1, -0.05) is 192 Å². The summed E-state index contributed by atoms with van der Waals surface area (Å²) in [4.78, 5) is 33.7. The van der Waals surface area contributed by atoms with Crippen molar-refractivity contribution in [1.29, 1.82) is 0 Å². The zero-order valence-corrected chi connectivity index (χ0v) is 55.9. The second kappa shape index (κ2) is 38.3. The number of hydrogen-bond donors (Lipinski definition) is 6. The summed E-state index contributed by atoms with van der Waals surface area (Å²) in [6.45, 7) is -3.16. The van der Waals surface area contributed by atoms with Crippen LogP contribution in [0.4, 0.5) is 0 Å². The Labute approximate surface area is 594 Å². The van der Waals surface area contributed by atoms with E-state index in [9.17, 15) is 51.3 Å². The number of hydrogen-bond acceptors (Lipinski definition) is 25. The minimum absolute atomic E-state index is 0.000439. The van der Waals surface area contributed by atoms with Crippen molar-refractivity contribution in [2.75, 3.05) is 26.9 Å². The molecule has 0 amide bonds. The third-order valence-corrected chi connectivity index (χ3v) is 18.0. The Bertz CT molecular complexity index is 3670. The van der Waals surface area contributed by atoms with Crippen LogP contribution in [-0.2, 0) is 125 Å². The standard InChI is InChI=1S/C73H84N6O24/c1-88-54-32-49(89-37-43-20-8-2-9-21-43)59(50(33-80)95-54)99-72-58(85)64(92-40-46-26-14-5-15-27-46)62(53(36-83)98-72)101-70-55(76-78-74)57(84)60(51(34-81)96-70)100-73-68(94-42-48-30-18-7-19-31-48)65(93-41-47-28-16-6-17-29-47)66(67(103-73)69(86)87)102-71-56(77-79-75)63(91-39-45-24-12-4-13-25-45)61(52(35-82)97-71)90-38-44-22-10-3-11-23-44/h2-31,36,49-68,70-73,80-82,84-85H,32-35,37-42H2,1H3,(H,86,87)/t49-,50?,51?,52?,53?,54+,55?,56?,57-,58?,59+,60-,61-,62+,63-,64+,65+,66+,67?,68?,70+,71-,72+,73-/m1/s1/i32D/t32?,49-,50?,51?,52?,53?,54+,55?,56?,57-,58?,59+,60-,61-,62+,63-,64+,65+,66+,67?,68?,70+,71-,72+,73-. The lowest BCUT2D eigenvalue weighted by Crippen LogP contribution is -2.68. The van der Waals surface area contributed by atoms with Crippen LogP contribution in [0.15, 0.2) is 192 Å². The summed E-state index contributed by atoms with van der Waals surface area (Å²) in [5.74, 6) is -1.66. The van der Waals surface area contributed by atoms with Gasteiger partial charge in [-0.15, -0.1) is 0 Å². The van der Waals surface area contributed by atoms with Crippen molar-refractivity contribution in [3.8, 4) is 0 Å². The molecule has 25 atom stereocenters. The lowest BCUT2D eigenvalue weighted by molar-refractivity contribution is -0.381. The second-order valence-electron chi connectivity index (χ2n) is 24.8. The van der Waals surface area contributed by atoms with E-state index in [0.29, 0.717) is 28.5 Å². The molecule has 0 aromatic heterocycles. The summed E-state index contributed by atoms with van der Waals surface area (Å²) in [5, 5.41) is 77.8. The van der Waals surface area contributed by atoms with Gasteiger partial charge in [0.15, 0.2) is 43.8 Å². The molecular weight excluding hydrogens is 1340 g/mol. The van der Waals surface area contributed by atoms with Crippen LogP contribution in [0.25, 0.3) is 20.9 Å². The van der Waals surface area contributed by atoms with E-state index >= 15 is 0 Å². The molecule has 6 aromatic carbocycles. The summed E-state index contributed by atoms with van der Waals surface area (Å²) in [6, 6.07) is 50.1. The van der Waals surface area contributed by atoms with Crippen molar-refractivity contribution < 1.29 is 117 Å². The first-order valence-electron chi connectivity index (χ1n) is 34.2. The highest BCUT2D eigenvalue weighted by atomic mass is 16.8. The molecule has 5 saturated heterocycles. The molecule has 0 radical (unpaired) electrons. The van der Waals surface area contributed by atoms with Crippen LogP contribution in [0.2, 0.25) is 0 Å². The molecule has 5 aliphatic heterocycles. The highest BCUT2D eigenvalue weighted by Gasteiger charge is 2.59. The normalized spacial score (nSPS) is 33.9. The van der Waals surface area contributed by atoms with Gasteiger partial charge in [0, 0.05) is 24.7 Å². The number of methoxy groups -OCH3 is 1. The number of rotatable bonds is 34. The molecule has 103 heavy (non-hydrogen) atoms. The fourth-order valence-corrected chi connectivity index (χ4v) is 12.9. The van der Waals surface area contributed by atoms with Crippen LogP contribution >= 0.6 is 0 Å². The Morgan fingerprint density at radius 1 is 0.456 bits per heavy atom. The number of aliphatic hydroxyl groups excluding tert-OH is 5. The summed E-state index contributed by atoms with van der Waals surface area (Å²) in [5.41, 5.74) is 24.6. The van der Waals surface area contributed by atoms with Crippen molar-refractivity contribution in [1.82, 2.24) is 0 Å². The number of nitrogens with zero attached hydrogens (tertiary/aromatic N) is 6. The van der Waals surface area contributed by atoms with E-state index in [0.717, 1.165) is 11.1 Å². The lowest BCUT2D eigenvalue weighted by Gasteiger charge is -2.50. The average molecular weight is 1430 g/mol. The molecule has 10 unspecified atom stereocenters. The molecule has 0 saturated carbocycles. The number of carbonyl (C=O) groups is 2. The van der Waals surface area contributed by atoms with Crippen LogP contribution < -0.4 is 0 Å². The molecule has 30 heteroatoms. The molecule has 5 aliphatic rings. The summed E-state index contributed by atoms with van der Waals surface area (Å²) < 4.78 is 112. The maximum absolute atomic E-state index is 14.1. The van der Waals surface area contributed by atoms with Crippen LogP contribution in [0.3, 0.4) is 0 Å². The highest BCUT2D eigenvalue weighted by molar-refractivity contribution is 5.73. The van der Waals surface area contributed by atoms with Gasteiger partial charge < -0.3 is 111 Å². The number of benzene rings is 6.